The maximum Gasteiger partial charge on any atom is 1.00 e. The number of halogens is 10. The van der Waals surface area contributed by atoms with E-state index in [4.69, 9.17) is 21.1 Å². The zero-order valence-electron chi connectivity index (χ0n) is 26.3. The van der Waals surface area contributed by atoms with Crippen molar-refractivity contribution < 1.29 is 88.4 Å². The Morgan fingerprint density at radius 3 is 1.98 bits per heavy atom. The minimum absolute atomic E-state index is 0. The molecule has 50 heavy (non-hydrogen) atoms. The number of alkyl halides is 9. The van der Waals surface area contributed by atoms with Crippen LogP contribution in [0.3, 0.4) is 0 Å². The average Bonchev–Trinajstić information content (AvgIpc) is 3.01. The maximum atomic E-state index is 13.9. The smallest absolute Gasteiger partial charge is 0.550 e. The van der Waals surface area contributed by atoms with Crippen molar-refractivity contribution in [2.45, 2.75) is 44.5 Å². The Morgan fingerprint density at radius 1 is 0.800 bits per heavy atom. The predicted octanol–water partition coefficient (Wildman–Crippen LogP) is 5.59. The first-order valence-electron chi connectivity index (χ1n) is 14.2. The Hall–Kier alpha value is -3.66. The van der Waals surface area contributed by atoms with Crippen LogP contribution >= 0.6 is 11.6 Å². The van der Waals surface area contributed by atoms with Gasteiger partial charge in [0, 0.05) is 29.6 Å². The molecule has 0 saturated carbocycles. The quantitative estimate of drug-likeness (QED) is 0.107. The summed E-state index contributed by atoms with van der Waals surface area (Å²) >= 11 is 6.18. The van der Waals surface area contributed by atoms with Gasteiger partial charge in [0.2, 0.25) is 0 Å². The van der Waals surface area contributed by atoms with Crippen LogP contribution in [0.2, 0.25) is 5.02 Å². The molecule has 0 aliphatic heterocycles. The number of carboxylic acids is 1. The standard InChI is InChI=1S/C33H26ClF9N2O4.Na/c1-48-28-8-5-24(34)15-27(28)26-7-4-21(31(35,36)37)13-20(26)18-45(29-9-6-25(16-44-29)49-10-2-3-30(46)47)17-19-11-22(32(38,39)40)14-23(12-19)33(41,42)43;/h4-9,11-16H,2-3,10,17-18H2,1H3,(H,46,47);/q;+1/p-1. The monoisotopic (exact) mass is 742 g/mol. The zero-order chi connectivity index (χ0) is 36.1. The number of rotatable bonds is 12. The van der Waals surface area contributed by atoms with Crippen LogP contribution in [-0.4, -0.2) is 24.7 Å². The van der Waals surface area contributed by atoms with E-state index in [0.29, 0.717) is 12.1 Å². The van der Waals surface area contributed by atoms with E-state index < -0.39 is 59.8 Å². The number of pyridine rings is 1. The number of carbonyl (C=O) groups is 1. The number of aliphatic carboxylic acids is 1. The van der Waals surface area contributed by atoms with Gasteiger partial charge in [0.25, 0.3) is 0 Å². The van der Waals surface area contributed by atoms with E-state index in [1.807, 2.05) is 0 Å². The second-order valence-corrected chi connectivity index (χ2v) is 11.1. The molecule has 1 aromatic heterocycles. The van der Waals surface area contributed by atoms with Crippen LogP contribution in [0.1, 0.15) is 40.7 Å². The predicted molar refractivity (Wildman–Crippen MR) is 159 cm³/mol. The summed E-state index contributed by atoms with van der Waals surface area (Å²) < 4.78 is 135. The van der Waals surface area contributed by atoms with Crippen molar-refractivity contribution in [1.82, 2.24) is 4.98 Å². The average molecular weight is 743 g/mol. The molecule has 1 heterocycles. The van der Waals surface area contributed by atoms with Gasteiger partial charge in [-0.1, -0.05) is 17.7 Å². The van der Waals surface area contributed by atoms with Gasteiger partial charge in [0.15, 0.2) is 0 Å². The second kappa shape index (κ2) is 16.6. The normalized spacial score (nSPS) is 11.9. The van der Waals surface area contributed by atoms with Crippen LogP contribution in [0.4, 0.5) is 45.3 Å². The Balaban J connectivity index is 0.00000676. The number of benzene rings is 3. The molecule has 17 heteroatoms. The number of anilines is 1. The van der Waals surface area contributed by atoms with Crippen LogP contribution in [-0.2, 0) is 36.4 Å². The molecule has 0 unspecified atom stereocenters. The molecule has 262 valence electrons. The topological polar surface area (TPSA) is 74.7 Å². The van der Waals surface area contributed by atoms with Crippen molar-refractivity contribution in [3.05, 3.63) is 106 Å². The Kier molecular flexibility index (Phi) is 13.5. The molecule has 0 bridgehead atoms. The van der Waals surface area contributed by atoms with Crippen LogP contribution in [0, 0.1) is 0 Å². The van der Waals surface area contributed by atoms with Crippen molar-refractivity contribution in [3.8, 4) is 22.6 Å². The second-order valence-electron chi connectivity index (χ2n) is 10.7. The van der Waals surface area contributed by atoms with E-state index in [1.165, 1.54) is 48.5 Å². The molecule has 0 aliphatic rings. The summed E-state index contributed by atoms with van der Waals surface area (Å²) in [5.41, 5.74) is -4.26. The number of carbonyl (C=O) groups excluding carboxylic acids is 1. The van der Waals surface area contributed by atoms with Crippen LogP contribution < -0.4 is 49.0 Å². The van der Waals surface area contributed by atoms with Crippen LogP contribution in [0.5, 0.6) is 11.5 Å². The molecule has 0 radical (unpaired) electrons. The summed E-state index contributed by atoms with van der Waals surface area (Å²) in [6, 6.07) is 10.8. The van der Waals surface area contributed by atoms with E-state index in [2.05, 4.69) is 4.98 Å². The van der Waals surface area contributed by atoms with Crippen molar-refractivity contribution >= 4 is 23.4 Å². The van der Waals surface area contributed by atoms with Crippen molar-refractivity contribution in [2.75, 3.05) is 18.6 Å². The number of ether oxygens (including phenoxy) is 2. The third kappa shape index (κ3) is 10.9. The number of hydrogen-bond donors (Lipinski definition) is 0. The first-order chi connectivity index (χ1) is 22.8. The molecule has 3 aromatic carbocycles. The number of aromatic nitrogens is 1. The van der Waals surface area contributed by atoms with Gasteiger partial charge in [0.05, 0.1) is 36.6 Å². The molecule has 4 rings (SSSR count). The van der Waals surface area contributed by atoms with Crippen molar-refractivity contribution in [3.63, 3.8) is 0 Å². The third-order valence-electron chi connectivity index (χ3n) is 7.11. The molecule has 4 aromatic rings. The third-order valence-corrected chi connectivity index (χ3v) is 7.34. The first-order valence-corrected chi connectivity index (χ1v) is 14.6. The van der Waals surface area contributed by atoms with E-state index in [9.17, 15) is 49.4 Å². The fourth-order valence-electron chi connectivity index (χ4n) is 4.86. The minimum atomic E-state index is -5.15. The van der Waals surface area contributed by atoms with E-state index >= 15 is 0 Å². The number of nitrogens with zero attached hydrogens (tertiary/aromatic N) is 2. The zero-order valence-corrected chi connectivity index (χ0v) is 29.0. The molecule has 0 amide bonds. The summed E-state index contributed by atoms with van der Waals surface area (Å²) in [7, 11) is 1.32. The summed E-state index contributed by atoms with van der Waals surface area (Å²) in [6.45, 7) is -1.20. The van der Waals surface area contributed by atoms with Gasteiger partial charge < -0.3 is 24.3 Å². The van der Waals surface area contributed by atoms with Gasteiger partial charge in [-0.2, -0.15) is 39.5 Å². The van der Waals surface area contributed by atoms with Gasteiger partial charge in [0.1, 0.15) is 17.3 Å². The van der Waals surface area contributed by atoms with Gasteiger partial charge in [-0.05, 0) is 90.2 Å². The molecule has 0 spiro atoms. The molecule has 0 saturated heterocycles. The fourth-order valence-corrected chi connectivity index (χ4v) is 5.03. The molecule has 0 fully saturated rings. The van der Waals surface area contributed by atoms with E-state index in [0.717, 1.165) is 18.2 Å². The Labute approximate surface area is 307 Å². The fraction of sp³-hybridized carbons (Fsp3) is 0.273. The summed E-state index contributed by atoms with van der Waals surface area (Å²) in [4.78, 5) is 16.0. The number of carboxylic acid groups (broad SMARTS) is 1. The molecule has 0 aliphatic carbocycles. The summed E-state index contributed by atoms with van der Waals surface area (Å²) in [5, 5.41) is 10.8. The molecule has 0 atom stereocenters. The van der Waals surface area contributed by atoms with Gasteiger partial charge in [-0.25, -0.2) is 4.98 Å². The molecule has 6 nitrogen and oxygen atoms in total. The van der Waals surface area contributed by atoms with Gasteiger partial charge in [-0.3, -0.25) is 0 Å². The SMILES string of the molecule is COc1ccc(Cl)cc1-c1ccc(C(F)(F)F)cc1CN(Cc1cc(C(F)(F)F)cc(C(F)(F)F)c1)c1ccc(OCCCC(=O)[O-])cn1.[Na+]. The van der Waals surface area contributed by atoms with Crippen LogP contribution in [0.15, 0.2) is 72.9 Å². The van der Waals surface area contributed by atoms with E-state index in [1.54, 1.807) is 0 Å². The molecular formula is C33H25ClF9N2NaO4. The van der Waals surface area contributed by atoms with Crippen LogP contribution in [0.25, 0.3) is 11.1 Å². The first kappa shape index (κ1) is 40.8. The van der Waals surface area contributed by atoms with E-state index in [-0.39, 0.29) is 94.1 Å². The molecule has 0 N–H and O–H groups in total. The minimum Gasteiger partial charge on any atom is -0.550 e. The Morgan fingerprint density at radius 2 is 1.44 bits per heavy atom. The van der Waals surface area contributed by atoms with Crippen molar-refractivity contribution in [1.29, 1.82) is 0 Å². The number of methoxy groups -OCH3 is 1. The van der Waals surface area contributed by atoms with Gasteiger partial charge in [-0.15, -0.1) is 0 Å². The maximum absolute atomic E-state index is 13.9. The largest absolute Gasteiger partial charge is 1.00 e. The van der Waals surface area contributed by atoms with Gasteiger partial charge >= 0.3 is 48.1 Å². The summed E-state index contributed by atoms with van der Waals surface area (Å²) in [5.74, 6) is -0.971. The summed E-state index contributed by atoms with van der Waals surface area (Å²) in [6.07, 6.45) is -14.1. The van der Waals surface area contributed by atoms with Crippen molar-refractivity contribution in [2.24, 2.45) is 0 Å². The Bertz CT molecular complexity index is 1750. The molecular weight excluding hydrogens is 718 g/mol. The number of hydrogen-bond acceptors (Lipinski definition) is 6.